The number of fused-ring (bicyclic) bond motifs is 5. The van der Waals surface area contributed by atoms with Crippen LogP contribution in [0.1, 0.15) is 34.0 Å². The summed E-state index contributed by atoms with van der Waals surface area (Å²) in [4.78, 5) is 44.0. The summed E-state index contributed by atoms with van der Waals surface area (Å²) in [5.74, 6) is -0.0351. The Kier molecular flexibility index (Phi) is 8.81. The van der Waals surface area contributed by atoms with Gasteiger partial charge >= 0.3 is 0 Å². The second kappa shape index (κ2) is 13.3. The van der Waals surface area contributed by atoms with E-state index in [1.54, 1.807) is 33.7 Å². The zero-order valence-electron chi connectivity index (χ0n) is 25.5. The third-order valence-electron chi connectivity index (χ3n) is 8.57. The molecule has 0 saturated carbocycles. The molecule has 1 saturated heterocycles. The lowest BCUT2D eigenvalue weighted by Gasteiger charge is -2.24. The molecule has 10 nitrogen and oxygen atoms in total. The number of ether oxygens (including phenoxy) is 2. The van der Waals surface area contributed by atoms with Crippen LogP contribution >= 0.6 is 0 Å². The number of para-hydroxylation sites is 1. The van der Waals surface area contributed by atoms with Crippen molar-refractivity contribution in [1.82, 2.24) is 24.9 Å². The second-order valence-corrected chi connectivity index (χ2v) is 11.4. The zero-order chi connectivity index (χ0) is 31.3. The van der Waals surface area contributed by atoms with Gasteiger partial charge in [0.15, 0.2) is 17.2 Å². The third kappa shape index (κ3) is 6.40. The van der Waals surface area contributed by atoms with E-state index in [1.165, 1.54) is 0 Å². The maximum atomic E-state index is 13.8. The highest BCUT2D eigenvalue weighted by molar-refractivity contribution is 6.04. The quantitative estimate of drug-likeness (QED) is 0.353. The van der Waals surface area contributed by atoms with Gasteiger partial charge < -0.3 is 24.6 Å². The first-order chi connectivity index (χ1) is 21.9. The van der Waals surface area contributed by atoms with Crippen molar-refractivity contribution in [2.75, 3.05) is 46.4 Å². The number of aryl methyl sites for hydroxylation is 1. The summed E-state index contributed by atoms with van der Waals surface area (Å²) in [7, 11) is 3.40. The molecule has 2 aliphatic heterocycles. The SMILES string of the molecule is COc1ccc2cc1OCCN(C(=O)c1nn(C)c3ccccc13)CCCNC(=O)[C@H]1CN(C(=O)C=Cc3ccccc3)C[C@H]21. The summed E-state index contributed by atoms with van der Waals surface area (Å²) in [6.07, 6.45) is 3.91. The van der Waals surface area contributed by atoms with Crippen LogP contribution in [0.15, 0.2) is 78.9 Å². The zero-order valence-corrected chi connectivity index (χ0v) is 25.5. The van der Waals surface area contributed by atoms with Crippen molar-refractivity contribution in [1.29, 1.82) is 0 Å². The van der Waals surface area contributed by atoms with Crippen LogP contribution in [0.4, 0.5) is 0 Å². The molecule has 3 heterocycles. The molecule has 0 spiro atoms. The average Bonchev–Trinajstić information content (AvgIpc) is 3.66. The van der Waals surface area contributed by atoms with Crippen molar-refractivity contribution >= 4 is 34.7 Å². The van der Waals surface area contributed by atoms with Gasteiger partial charge in [-0.1, -0.05) is 54.6 Å². The third-order valence-corrected chi connectivity index (χ3v) is 8.57. The van der Waals surface area contributed by atoms with E-state index in [2.05, 4.69) is 10.4 Å². The van der Waals surface area contributed by atoms with Gasteiger partial charge in [-0.2, -0.15) is 5.10 Å². The Labute approximate surface area is 262 Å². The summed E-state index contributed by atoms with van der Waals surface area (Å²) < 4.78 is 13.5. The molecular weight excluding hydrogens is 570 g/mol. The molecule has 2 bridgehead atoms. The van der Waals surface area contributed by atoms with E-state index >= 15 is 0 Å². The fraction of sp³-hybridized carbons (Fsp3) is 0.314. The normalized spacial score (nSPS) is 19.1. The maximum Gasteiger partial charge on any atom is 0.275 e. The first-order valence-corrected chi connectivity index (χ1v) is 15.2. The lowest BCUT2D eigenvalue weighted by Crippen LogP contribution is -2.39. The van der Waals surface area contributed by atoms with Gasteiger partial charge in [-0.15, -0.1) is 0 Å². The first kappa shape index (κ1) is 29.9. The van der Waals surface area contributed by atoms with Crippen molar-refractivity contribution in [2.24, 2.45) is 13.0 Å². The number of likely N-dealkylation sites (tertiary alicyclic amines) is 1. The number of amides is 3. The predicted molar refractivity (Wildman–Crippen MR) is 171 cm³/mol. The monoisotopic (exact) mass is 607 g/mol. The van der Waals surface area contributed by atoms with E-state index in [0.29, 0.717) is 56.3 Å². The van der Waals surface area contributed by atoms with Crippen LogP contribution in [0, 0.1) is 5.92 Å². The second-order valence-electron chi connectivity index (χ2n) is 11.4. The Balaban J connectivity index is 1.24. The Morgan fingerprint density at radius 3 is 2.58 bits per heavy atom. The molecule has 0 unspecified atom stereocenters. The van der Waals surface area contributed by atoms with E-state index in [1.807, 2.05) is 79.8 Å². The first-order valence-electron chi connectivity index (χ1n) is 15.2. The van der Waals surface area contributed by atoms with Gasteiger partial charge in [0, 0.05) is 50.6 Å². The van der Waals surface area contributed by atoms with Crippen LogP contribution in [-0.2, 0) is 16.6 Å². The molecule has 10 heteroatoms. The minimum atomic E-state index is -0.444. The predicted octanol–water partition coefficient (Wildman–Crippen LogP) is 3.88. The molecule has 45 heavy (non-hydrogen) atoms. The number of benzene rings is 3. The van der Waals surface area contributed by atoms with E-state index in [0.717, 1.165) is 22.0 Å². The largest absolute Gasteiger partial charge is 0.493 e. The van der Waals surface area contributed by atoms with Gasteiger partial charge in [-0.25, -0.2) is 0 Å². The Morgan fingerprint density at radius 2 is 1.76 bits per heavy atom. The van der Waals surface area contributed by atoms with Crippen molar-refractivity contribution in [3.8, 4) is 11.5 Å². The van der Waals surface area contributed by atoms with E-state index in [4.69, 9.17) is 9.47 Å². The van der Waals surface area contributed by atoms with Crippen molar-refractivity contribution < 1.29 is 23.9 Å². The minimum absolute atomic E-state index is 0.119. The molecule has 2 aliphatic rings. The van der Waals surface area contributed by atoms with Crippen LogP contribution in [0.3, 0.4) is 0 Å². The Bertz CT molecular complexity index is 1730. The fourth-order valence-electron chi connectivity index (χ4n) is 6.18. The van der Waals surface area contributed by atoms with Gasteiger partial charge in [0.1, 0.15) is 6.61 Å². The number of methoxy groups -OCH3 is 1. The van der Waals surface area contributed by atoms with E-state index < -0.39 is 5.92 Å². The summed E-state index contributed by atoms with van der Waals surface area (Å²) in [6, 6.07) is 22.9. The Hall–Kier alpha value is -5.12. The number of nitrogens with zero attached hydrogens (tertiary/aromatic N) is 4. The topological polar surface area (TPSA) is 106 Å². The molecular formula is C35H37N5O5. The maximum absolute atomic E-state index is 13.8. The van der Waals surface area contributed by atoms with Gasteiger partial charge in [-0.3, -0.25) is 19.1 Å². The number of carbonyl (C=O) groups is 3. The molecule has 2 atom stereocenters. The molecule has 232 valence electrons. The molecule has 1 aromatic heterocycles. The smallest absolute Gasteiger partial charge is 0.275 e. The summed E-state index contributed by atoms with van der Waals surface area (Å²) in [5, 5.41) is 8.40. The molecule has 4 aromatic rings. The lowest BCUT2D eigenvalue weighted by atomic mass is 9.88. The van der Waals surface area contributed by atoms with Crippen LogP contribution < -0.4 is 14.8 Å². The van der Waals surface area contributed by atoms with Crippen LogP contribution in [-0.4, -0.2) is 83.7 Å². The van der Waals surface area contributed by atoms with E-state index in [9.17, 15) is 14.4 Å². The molecule has 1 fully saturated rings. The molecule has 1 N–H and O–H groups in total. The minimum Gasteiger partial charge on any atom is -0.493 e. The highest BCUT2D eigenvalue weighted by Crippen LogP contribution is 2.38. The number of rotatable bonds is 4. The van der Waals surface area contributed by atoms with Gasteiger partial charge in [-0.05, 0) is 41.8 Å². The highest BCUT2D eigenvalue weighted by atomic mass is 16.5. The van der Waals surface area contributed by atoms with Crippen LogP contribution in [0.25, 0.3) is 17.0 Å². The highest BCUT2D eigenvalue weighted by Gasteiger charge is 2.40. The van der Waals surface area contributed by atoms with Crippen molar-refractivity contribution in [3.05, 3.63) is 95.7 Å². The number of hydrogen-bond donors (Lipinski definition) is 1. The summed E-state index contributed by atoms with van der Waals surface area (Å²) in [5.41, 5.74) is 3.08. The molecule has 3 amide bonds. The molecule has 0 aliphatic carbocycles. The van der Waals surface area contributed by atoms with Crippen molar-refractivity contribution in [2.45, 2.75) is 12.3 Å². The summed E-state index contributed by atoms with van der Waals surface area (Å²) >= 11 is 0. The van der Waals surface area contributed by atoms with Gasteiger partial charge in [0.2, 0.25) is 11.8 Å². The molecule has 6 rings (SSSR count). The van der Waals surface area contributed by atoms with Crippen molar-refractivity contribution in [3.63, 3.8) is 0 Å². The number of hydrogen-bond acceptors (Lipinski definition) is 6. The fourth-order valence-corrected chi connectivity index (χ4v) is 6.18. The number of nitrogens with one attached hydrogen (secondary N) is 1. The number of aromatic nitrogens is 2. The van der Waals surface area contributed by atoms with Crippen LogP contribution in [0.2, 0.25) is 0 Å². The van der Waals surface area contributed by atoms with Gasteiger partial charge in [0.05, 0.1) is 25.1 Å². The van der Waals surface area contributed by atoms with Gasteiger partial charge in [0.25, 0.3) is 5.91 Å². The number of carbonyl (C=O) groups excluding carboxylic acids is 3. The van der Waals surface area contributed by atoms with E-state index in [-0.39, 0.29) is 30.2 Å². The lowest BCUT2D eigenvalue weighted by molar-refractivity contribution is -0.126. The Morgan fingerprint density at radius 1 is 0.978 bits per heavy atom. The summed E-state index contributed by atoms with van der Waals surface area (Å²) in [6.45, 7) is 2.08. The molecule has 0 radical (unpaired) electrons. The standard InChI is InChI=1S/C35H37N5O5/c1-38-29-12-7-6-11-26(29)33(37-38)35(43)39-18-8-17-36-34(42)28-23-40(32(41)16-13-24-9-4-3-5-10-24)22-27(28)25-14-15-30(44-2)31(21-25)45-20-19-39/h3-7,9-16,21,27-28H,8,17-20,22-23H2,1-2H3,(H,36,42)/t27-,28+/m1/s1. The average molecular weight is 608 g/mol. The van der Waals surface area contributed by atoms with Crippen LogP contribution in [0.5, 0.6) is 11.5 Å². The molecule has 3 aromatic carbocycles.